The highest BCUT2D eigenvalue weighted by atomic mass is 16.5. The number of nitrogens with two attached hydrogens (primary N) is 1. The van der Waals surface area contributed by atoms with Crippen LogP contribution in [0.15, 0.2) is 24.3 Å². The van der Waals surface area contributed by atoms with Crippen LogP contribution in [0.4, 0.5) is 0 Å². The minimum Gasteiger partial charge on any atom is -0.379 e. The molecule has 0 spiro atoms. The molecule has 0 saturated carbocycles. The Kier molecular flexibility index (Phi) is 4.11. The molecule has 0 bridgehead atoms. The number of aryl methyl sites for hydroxylation is 1. The quantitative estimate of drug-likeness (QED) is 0.797. The van der Waals surface area contributed by atoms with E-state index in [9.17, 15) is 0 Å². The average Bonchev–Trinajstić information content (AvgIpc) is 2.20. The lowest BCUT2D eigenvalue weighted by molar-refractivity contribution is 0.0770. The summed E-state index contributed by atoms with van der Waals surface area (Å²) in [6.07, 6.45) is 1.04. The Morgan fingerprint density at radius 3 is 2.50 bits per heavy atom. The van der Waals surface area contributed by atoms with E-state index in [1.807, 2.05) is 12.1 Å². The zero-order chi connectivity index (χ0) is 10.6. The Morgan fingerprint density at radius 1 is 1.36 bits per heavy atom. The highest BCUT2D eigenvalue weighted by molar-refractivity contribution is 5.29. The first kappa shape index (κ1) is 11.2. The maximum absolute atomic E-state index is 6.14. The summed E-state index contributed by atoms with van der Waals surface area (Å²) >= 11 is 0. The fourth-order valence-corrected chi connectivity index (χ4v) is 1.73. The molecule has 0 aliphatic heterocycles. The van der Waals surface area contributed by atoms with Gasteiger partial charge >= 0.3 is 0 Å². The Balaban J connectivity index is 2.88. The maximum atomic E-state index is 6.14. The van der Waals surface area contributed by atoms with Crippen molar-refractivity contribution in [2.45, 2.75) is 32.4 Å². The standard InChI is InChI=1S/C12H19NO/c1-4-11(14-3)12(13)10-8-6-5-7-9(10)2/h5-8,11-12H,4,13H2,1-3H3. The van der Waals surface area contributed by atoms with Gasteiger partial charge in [-0.25, -0.2) is 0 Å². The number of hydrogen-bond donors (Lipinski definition) is 1. The van der Waals surface area contributed by atoms with Gasteiger partial charge in [0.2, 0.25) is 0 Å². The summed E-state index contributed by atoms with van der Waals surface area (Å²) in [5.41, 5.74) is 8.55. The fourth-order valence-electron chi connectivity index (χ4n) is 1.73. The van der Waals surface area contributed by atoms with Crippen LogP contribution in [-0.2, 0) is 4.74 Å². The molecule has 0 amide bonds. The van der Waals surface area contributed by atoms with E-state index in [0.29, 0.717) is 0 Å². The van der Waals surface area contributed by atoms with Crippen LogP contribution in [0.5, 0.6) is 0 Å². The van der Waals surface area contributed by atoms with Crippen molar-refractivity contribution in [3.8, 4) is 0 Å². The summed E-state index contributed by atoms with van der Waals surface area (Å²) in [6, 6.07) is 8.18. The Bertz CT molecular complexity index is 281. The summed E-state index contributed by atoms with van der Waals surface area (Å²) in [4.78, 5) is 0. The van der Waals surface area contributed by atoms with Gasteiger partial charge in [0.05, 0.1) is 12.1 Å². The Morgan fingerprint density at radius 2 is 2.00 bits per heavy atom. The van der Waals surface area contributed by atoms with E-state index in [-0.39, 0.29) is 12.1 Å². The van der Waals surface area contributed by atoms with E-state index in [4.69, 9.17) is 10.5 Å². The van der Waals surface area contributed by atoms with Crippen LogP contribution in [0.3, 0.4) is 0 Å². The largest absolute Gasteiger partial charge is 0.379 e. The maximum Gasteiger partial charge on any atom is 0.0761 e. The summed E-state index contributed by atoms with van der Waals surface area (Å²) in [5, 5.41) is 0. The van der Waals surface area contributed by atoms with E-state index < -0.39 is 0 Å². The minimum atomic E-state index is -0.0220. The second kappa shape index (κ2) is 5.13. The van der Waals surface area contributed by atoms with Gasteiger partial charge < -0.3 is 10.5 Å². The van der Waals surface area contributed by atoms with Gasteiger partial charge in [0.15, 0.2) is 0 Å². The van der Waals surface area contributed by atoms with Crippen molar-refractivity contribution >= 4 is 0 Å². The fraction of sp³-hybridized carbons (Fsp3) is 0.500. The molecule has 1 rings (SSSR count). The molecule has 1 aromatic rings. The van der Waals surface area contributed by atoms with Crippen LogP contribution in [0.25, 0.3) is 0 Å². The first-order valence-corrected chi connectivity index (χ1v) is 5.04. The van der Waals surface area contributed by atoms with Gasteiger partial charge in [0.1, 0.15) is 0 Å². The second-order valence-electron chi connectivity index (χ2n) is 3.56. The lowest BCUT2D eigenvalue weighted by Crippen LogP contribution is -2.28. The molecule has 0 radical (unpaired) electrons. The van der Waals surface area contributed by atoms with Crippen LogP contribution in [0.1, 0.15) is 30.5 Å². The highest BCUT2D eigenvalue weighted by Crippen LogP contribution is 2.21. The highest BCUT2D eigenvalue weighted by Gasteiger charge is 2.18. The first-order chi connectivity index (χ1) is 6.70. The van der Waals surface area contributed by atoms with Crippen LogP contribution in [0, 0.1) is 6.92 Å². The Labute approximate surface area is 86.1 Å². The number of benzene rings is 1. The van der Waals surface area contributed by atoms with Crippen LogP contribution < -0.4 is 5.73 Å². The Hall–Kier alpha value is -0.860. The summed E-state index contributed by atoms with van der Waals surface area (Å²) in [7, 11) is 1.71. The van der Waals surface area contributed by atoms with Crippen molar-refractivity contribution in [1.29, 1.82) is 0 Å². The summed E-state index contributed by atoms with van der Waals surface area (Å²) in [5.74, 6) is 0. The lowest BCUT2D eigenvalue weighted by Gasteiger charge is -2.22. The van der Waals surface area contributed by atoms with E-state index >= 15 is 0 Å². The minimum absolute atomic E-state index is 0.0220. The number of methoxy groups -OCH3 is 1. The number of rotatable bonds is 4. The van der Waals surface area contributed by atoms with Crippen molar-refractivity contribution in [2.75, 3.05) is 7.11 Å². The molecule has 2 atom stereocenters. The zero-order valence-corrected chi connectivity index (χ0v) is 9.16. The predicted molar refractivity (Wildman–Crippen MR) is 59.2 cm³/mol. The molecule has 0 heterocycles. The van der Waals surface area contributed by atoms with Crippen molar-refractivity contribution in [3.05, 3.63) is 35.4 Å². The van der Waals surface area contributed by atoms with Gasteiger partial charge in [-0.1, -0.05) is 31.2 Å². The van der Waals surface area contributed by atoms with Crippen molar-refractivity contribution in [2.24, 2.45) is 5.73 Å². The van der Waals surface area contributed by atoms with Crippen molar-refractivity contribution < 1.29 is 4.74 Å². The zero-order valence-electron chi connectivity index (χ0n) is 9.16. The topological polar surface area (TPSA) is 35.2 Å². The van der Waals surface area contributed by atoms with E-state index in [1.54, 1.807) is 7.11 Å². The van der Waals surface area contributed by atoms with Crippen LogP contribution in [-0.4, -0.2) is 13.2 Å². The predicted octanol–water partition coefficient (Wildman–Crippen LogP) is 2.42. The van der Waals surface area contributed by atoms with E-state index in [0.717, 1.165) is 6.42 Å². The molecule has 2 nitrogen and oxygen atoms in total. The third kappa shape index (κ3) is 2.34. The molecule has 2 unspecified atom stereocenters. The molecule has 14 heavy (non-hydrogen) atoms. The lowest BCUT2D eigenvalue weighted by atomic mass is 9.96. The molecule has 0 fully saturated rings. The van der Waals surface area contributed by atoms with Gasteiger partial charge in [-0.3, -0.25) is 0 Å². The van der Waals surface area contributed by atoms with Gasteiger partial charge in [0, 0.05) is 7.11 Å². The number of hydrogen-bond acceptors (Lipinski definition) is 2. The summed E-state index contributed by atoms with van der Waals surface area (Å²) < 4.78 is 5.35. The SMILES string of the molecule is CCC(OC)C(N)c1ccccc1C. The molecule has 0 aliphatic rings. The molecule has 1 aromatic carbocycles. The van der Waals surface area contributed by atoms with Crippen LogP contribution in [0.2, 0.25) is 0 Å². The molecule has 78 valence electrons. The monoisotopic (exact) mass is 193 g/mol. The van der Waals surface area contributed by atoms with Crippen molar-refractivity contribution in [3.63, 3.8) is 0 Å². The van der Waals surface area contributed by atoms with E-state index in [2.05, 4.69) is 26.0 Å². The third-order valence-corrected chi connectivity index (χ3v) is 2.65. The van der Waals surface area contributed by atoms with Gasteiger partial charge in [-0.2, -0.15) is 0 Å². The summed E-state index contributed by atoms with van der Waals surface area (Å²) in [6.45, 7) is 4.17. The smallest absolute Gasteiger partial charge is 0.0761 e. The van der Waals surface area contributed by atoms with E-state index in [1.165, 1.54) is 11.1 Å². The molecule has 0 aliphatic carbocycles. The molecular weight excluding hydrogens is 174 g/mol. The molecule has 2 N–H and O–H groups in total. The van der Waals surface area contributed by atoms with Gasteiger partial charge in [-0.05, 0) is 24.5 Å². The third-order valence-electron chi connectivity index (χ3n) is 2.65. The normalized spacial score (nSPS) is 15.1. The molecule has 0 aromatic heterocycles. The van der Waals surface area contributed by atoms with Crippen LogP contribution >= 0.6 is 0 Å². The average molecular weight is 193 g/mol. The van der Waals surface area contributed by atoms with Gasteiger partial charge in [0.25, 0.3) is 0 Å². The molecular formula is C12H19NO. The van der Waals surface area contributed by atoms with Gasteiger partial charge in [-0.15, -0.1) is 0 Å². The first-order valence-electron chi connectivity index (χ1n) is 5.04. The number of ether oxygens (including phenoxy) is 1. The second-order valence-corrected chi connectivity index (χ2v) is 3.56. The molecule has 0 saturated heterocycles. The van der Waals surface area contributed by atoms with Crippen molar-refractivity contribution in [1.82, 2.24) is 0 Å². The molecule has 2 heteroatoms.